The van der Waals surface area contributed by atoms with E-state index >= 15 is 0 Å². The molecule has 0 aliphatic carbocycles. The number of amides is 1. The molecule has 0 aromatic heterocycles. The fraction of sp³-hybridized carbons (Fsp3) is 0.350. The maximum Gasteiger partial charge on any atom is 0.220 e. The van der Waals surface area contributed by atoms with Gasteiger partial charge >= 0.3 is 0 Å². The van der Waals surface area contributed by atoms with Gasteiger partial charge in [-0.3, -0.25) is 4.79 Å². The minimum atomic E-state index is 0.133. The number of carbonyl (C=O) groups excluding carboxylic acids is 1. The summed E-state index contributed by atoms with van der Waals surface area (Å²) in [6.07, 6.45) is 1.33. The molecule has 2 heteroatoms. The van der Waals surface area contributed by atoms with E-state index in [4.69, 9.17) is 0 Å². The van der Waals surface area contributed by atoms with E-state index in [2.05, 4.69) is 62.5 Å². The van der Waals surface area contributed by atoms with Crippen LogP contribution in [0.25, 0.3) is 11.1 Å². The standard InChI is InChI=1S/C20H25NO/c1-15(2)16(3)21-20(22)14-11-17-9-12-19(13-10-17)18-7-5-4-6-8-18/h4-10,12-13,15-16H,11,14H2,1-3H3,(H,21,22). The van der Waals surface area contributed by atoms with E-state index in [1.807, 2.05) is 18.2 Å². The van der Waals surface area contributed by atoms with Gasteiger partial charge in [0.1, 0.15) is 0 Å². The third-order valence-corrected chi connectivity index (χ3v) is 4.09. The molecule has 0 saturated carbocycles. The van der Waals surface area contributed by atoms with Crippen molar-refractivity contribution in [2.75, 3.05) is 0 Å². The Kier molecular flexibility index (Phi) is 5.76. The number of benzene rings is 2. The molecule has 0 aliphatic rings. The van der Waals surface area contributed by atoms with Gasteiger partial charge in [-0.05, 0) is 36.0 Å². The molecule has 116 valence electrons. The summed E-state index contributed by atoms with van der Waals surface area (Å²) in [5, 5.41) is 3.05. The molecule has 22 heavy (non-hydrogen) atoms. The summed E-state index contributed by atoms with van der Waals surface area (Å²) in [6.45, 7) is 6.29. The predicted octanol–water partition coefficient (Wildman–Crippen LogP) is 4.45. The van der Waals surface area contributed by atoms with E-state index in [0.29, 0.717) is 12.3 Å². The summed E-state index contributed by atoms with van der Waals surface area (Å²) < 4.78 is 0. The van der Waals surface area contributed by atoms with Crippen LogP contribution in [-0.4, -0.2) is 11.9 Å². The molecule has 2 aromatic rings. The highest BCUT2D eigenvalue weighted by Gasteiger charge is 2.10. The minimum absolute atomic E-state index is 0.133. The molecule has 0 radical (unpaired) electrons. The first-order valence-electron chi connectivity index (χ1n) is 8.00. The largest absolute Gasteiger partial charge is 0.353 e. The smallest absolute Gasteiger partial charge is 0.220 e. The number of hydrogen-bond acceptors (Lipinski definition) is 1. The zero-order valence-electron chi connectivity index (χ0n) is 13.7. The molecule has 1 atom stereocenters. The van der Waals surface area contributed by atoms with Crippen molar-refractivity contribution in [3.8, 4) is 11.1 Å². The molecular formula is C20H25NO. The molecule has 0 heterocycles. The molecule has 0 fully saturated rings. The van der Waals surface area contributed by atoms with Crippen LogP contribution in [0.15, 0.2) is 54.6 Å². The van der Waals surface area contributed by atoms with Crippen LogP contribution in [0.1, 0.15) is 32.8 Å². The van der Waals surface area contributed by atoms with Gasteiger partial charge in [0.15, 0.2) is 0 Å². The Balaban J connectivity index is 1.88. The Bertz CT molecular complexity index is 587. The summed E-state index contributed by atoms with van der Waals surface area (Å²) in [5.74, 6) is 0.599. The van der Waals surface area contributed by atoms with E-state index < -0.39 is 0 Å². The third-order valence-electron chi connectivity index (χ3n) is 4.09. The molecule has 2 rings (SSSR count). The first-order chi connectivity index (χ1) is 10.6. The molecule has 0 spiro atoms. The van der Waals surface area contributed by atoms with Gasteiger partial charge in [0.05, 0.1) is 0 Å². The van der Waals surface area contributed by atoms with E-state index in [-0.39, 0.29) is 11.9 Å². The van der Waals surface area contributed by atoms with Crippen LogP contribution in [0, 0.1) is 5.92 Å². The van der Waals surface area contributed by atoms with Gasteiger partial charge in [-0.15, -0.1) is 0 Å². The lowest BCUT2D eigenvalue weighted by Crippen LogP contribution is -2.36. The first-order valence-corrected chi connectivity index (χ1v) is 8.00. The fourth-order valence-corrected chi connectivity index (χ4v) is 2.25. The van der Waals surface area contributed by atoms with Crippen molar-refractivity contribution in [1.29, 1.82) is 0 Å². The van der Waals surface area contributed by atoms with Gasteiger partial charge in [0.2, 0.25) is 5.91 Å². The fourth-order valence-electron chi connectivity index (χ4n) is 2.25. The van der Waals surface area contributed by atoms with Crippen molar-refractivity contribution in [1.82, 2.24) is 5.32 Å². The van der Waals surface area contributed by atoms with Crippen molar-refractivity contribution < 1.29 is 4.79 Å². The van der Waals surface area contributed by atoms with Gasteiger partial charge in [0, 0.05) is 12.5 Å². The topological polar surface area (TPSA) is 29.1 Å². The molecule has 1 unspecified atom stereocenters. The third kappa shape index (κ3) is 4.73. The highest BCUT2D eigenvalue weighted by atomic mass is 16.1. The number of nitrogens with one attached hydrogen (secondary N) is 1. The highest BCUT2D eigenvalue weighted by molar-refractivity contribution is 5.76. The lowest BCUT2D eigenvalue weighted by molar-refractivity contribution is -0.121. The lowest BCUT2D eigenvalue weighted by Gasteiger charge is -2.17. The first kappa shape index (κ1) is 16.3. The highest BCUT2D eigenvalue weighted by Crippen LogP contribution is 2.19. The second-order valence-electron chi connectivity index (χ2n) is 6.16. The summed E-state index contributed by atoms with van der Waals surface area (Å²) in [4.78, 5) is 11.9. The Morgan fingerprint density at radius 2 is 1.50 bits per heavy atom. The van der Waals surface area contributed by atoms with Crippen LogP contribution in [0.4, 0.5) is 0 Å². The van der Waals surface area contributed by atoms with Crippen molar-refractivity contribution in [2.24, 2.45) is 5.92 Å². The maximum atomic E-state index is 11.9. The van der Waals surface area contributed by atoms with E-state index in [0.717, 1.165) is 6.42 Å². The molecule has 1 N–H and O–H groups in total. The molecule has 2 nitrogen and oxygen atoms in total. The molecule has 2 aromatic carbocycles. The van der Waals surface area contributed by atoms with E-state index in [1.54, 1.807) is 0 Å². The number of hydrogen-bond donors (Lipinski definition) is 1. The number of carbonyl (C=O) groups is 1. The van der Waals surface area contributed by atoms with Crippen LogP contribution in [0.5, 0.6) is 0 Å². The zero-order chi connectivity index (χ0) is 15.9. The van der Waals surface area contributed by atoms with Crippen LogP contribution in [-0.2, 0) is 11.2 Å². The molecule has 0 aliphatic heterocycles. The quantitative estimate of drug-likeness (QED) is 0.838. The average molecular weight is 295 g/mol. The summed E-state index contributed by atoms with van der Waals surface area (Å²) in [6, 6.07) is 19.0. The van der Waals surface area contributed by atoms with Gasteiger partial charge in [0.25, 0.3) is 0 Å². The minimum Gasteiger partial charge on any atom is -0.353 e. The second kappa shape index (κ2) is 7.79. The van der Waals surface area contributed by atoms with Crippen LogP contribution >= 0.6 is 0 Å². The molecular weight excluding hydrogens is 270 g/mol. The van der Waals surface area contributed by atoms with Gasteiger partial charge in [-0.1, -0.05) is 68.4 Å². The van der Waals surface area contributed by atoms with Crippen molar-refractivity contribution in [3.05, 3.63) is 60.2 Å². The van der Waals surface area contributed by atoms with Crippen LogP contribution in [0.3, 0.4) is 0 Å². The van der Waals surface area contributed by atoms with Crippen LogP contribution < -0.4 is 5.32 Å². The lowest BCUT2D eigenvalue weighted by atomic mass is 10.0. The second-order valence-corrected chi connectivity index (χ2v) is 6.16. The summed E-state index contributed by atoms with van der Waals surface area (Å²) in [5.41, 5.74) is 3.63. The van der Waals surface area contributed by atoms with Crippen molar-refractivity contribution in [3.63, 3.8) is 0 Å². The van der Waals surface area contributed by atoms with E-state index in [9.17, 15) is 4.79 Å². The van der Waals surface area contributed by atoms with Crippen molar-refractivity contribution >= 4 is 5.91 Å². The van der Waals surface area contributed by atoms with Crippen LogP contribution in [0.2, 0.25) is 0 Å². The number of rotatable bonds is 6. The van der Waals surface area contributed by atoms with Gasteiger partial charge in [-0.2, -0.15) is 0 Å². The Labute approximate surface area is 133 Å². The Morgan fingerprint density at radius 3 is 2.09 bits per heavy atom. The average Bonchev–Trinajstić information content (AvgIpc) is 2.54. The molecule has 1 amide bonds. The molecule has 0 saturated heterocycles. The normalized spacial score (nSPS) is 12.2. The molecule has 0 bridgehead atoms. The predicted molar refractivity (Wildman–Crippen MR) is 92.6 cm³/mol. The van der Waals surface area contributed by atoms with Gasteiger partial charge in [-0.25, -0.2) is 0 Å². The zero-order valence-corrected chi connectivity index (χ0v) is 13.7. The monoisotopic (exact) mass is 295 g/mol. The Hall–Kier alpha value is -2.09. The number of aryl methyl sites for hydroxylation is 1. The maximum absolute atomic E-state index is 11.9. The SMILES string of the molecule is CC(C)C(C)NC(=O)CCc1ccc(-c2ccccc2)cc1. The summed E-state index contributed by atoms with van der Waals surface area (Å²) in [7, 11) is 0. The van der Waals surface area contributed by atoms with E-state index in [1.165, 1.54) is 16.7 Å². The van der Waals surface area contributed by atoms with Gasteiger partial charge < -0.3 is 5.32 Å². The Morgan fingerprint density at radius 1 is 0.909 bits per heavy atom. The van der Waals surface area contributed by atoms with Crippen molar-refractivity contribution in [2.45, 2.75) is 39.7 Å². The summed E-state index contributed by atoms with van der Waals surface area (Å²) >= 11 is 0.